The van der Waals surface area contributed by atoms with E-state index in [0.29, 0.717) is 6.42 Å². The van der Waals surface area contributed by atoms with E-state index in [1.54, 1.807) is 0 Å². The highest BCUT2D eigenvalue weighted by atomic mass is 19.4. The van der Waals surface area contributed by atoms with Gasteiger partial charge in [0.2, 0.25) is 0 Å². The van der Waals surface area contributed by atoms with E-state index in [2.05, 4.69) is 23.5 Å². The zero-order valence-electron chi connectivity index (χ0n) is 14.4. The first-order valence-corrected chi connectivity index (χ1v) is 8.45. The first-order chi connectivity index (χ1) is 11.9. The number of ether oxygens (including phenoxy) is 1. The van der Waals surface area contributed by atoms with E-state index in [1.165, 1.54) is 28.8 Å². The number of fused-ring (bicyclic) bond motifs is 1. The number of benzene rings is 2. The first kappa shape index (κ1) is 18.0. The van der Waals surface area contributed by atoms with Crippen molar-refractivity contribution in [2.75, 3.05) is 13.6 Å². The summed E-state index contributed by atoms with van der Waals surface area (Å²) in [6.45, 7) is 2.86. The van der Waals surface area contributed by atoms with Gasteiger partial charge in [0.05, 0.1) is 17.8 Å². The molecular formula is C20H22F3NO. The van der Waals surface area contributed by atoms with Crippen molar-refractivity contribution in [2.45, 2.75) is 38.1 Å². The Hall–Kier alpha value is -1.85. The summed E-state index contributed by atoms with van der Waals surface area (Å²) in [5.74, 6) is 0. The molecule has 0 saturated carbocycles. The Balaban J connectivity index is 1.88. The molecule has 2 aromatic carbocycles. The van der Waals surface area contributed by atoms with Gasteiger partial charge in [-0.2, -0.15) is 13.2 Å². The van der Waals surface area contributed by atoms with Gasteiger partial charge in [-0.1, -0.05) is 35.9 Å². The monoisotopic (exact) mass is 349 g/mol. The minimum Gasteiger partial charge on any atom is -0.365 e. The lowest BCUT2D eigenvalue weighted by Crippen LogP contribution is -2.23. The van der Waals surface area contributed by atoms with Gasteiger partial charge in [0.15, 0.2) is 0 Å². The molecular weight excluding hydrogens is 327 g/mol. The number of hydrogen-bond donors (Lipinski definition) is 1. The third-order valence-electron chi connectivity index (χ3n) is 4.65. The summed E-state index contributed by atoms with van der Waals surface area (Å²) in [4.78, 5) is 0. The molecule has 0 bridgehead atoms. The van der Waals surface area contributed by atoms with Crippen molar-refractivity contribution >= 4 is 0 Å². The summed E-state index contributed by atoms with van der Waals surface area (Å²) in [7, 11) is 1.90. The van der Waals surface area contributed by atoms with Gasteiger partial charge in [-0.25, -0.2) is 0 Å². The molecule has 1 N–H and O–H groups in total. The van der Waals surface area contributed by atoms with Crippen LogP contribution in [0.2, 0.25) is 0 Å². The standard InChI is InChI=1S/C20H22F3NO/c1-13-3-8-17-15(11-13)12-19(25-18(17)9-10-24-2)14-4-6-16(7-5-14)20(21,22)23/h3-8,11,18-19,24H,9-10,12H2,1-2H3. The molecule has 2 atom stereocenters. The molecule has 5 heteroatoms. The molecule has 0 aromatic heterocycles. The molecule has 0 amide bonds. The van der Waals surface area contributed by atoms with Gasteiger partial charge in [-0.3, -0.25) is 0 Å². The van der Waals surface area contributed by atoms with Crippen molar-refractivity contribution in [3.05, 3.63) is 70.3 Å². The Labute approximate surface area is 146 Å². The summed E-state index contributed by atoms with van der Waals surface area (Å²) in [6, 6.07) is 11.7. The minimum atomic E-state index is -4.31. The number of rotatable bonds is 4. The molecule has 0 saturated heterocycles. The Morgan fingerprint density at radius 3 is 2.48 bits per heavy atom. The Morgan fingerprint density at radius 2 is 1.84 bits per heavy atom. The molecule has 1 aliphatic heterocycles. The van der Waals surface area contributed by atoms with Crippen LogP contribution < -0.4 is 5.32 Å². The molecule has 0 spiro atoms. The second kappa shape index (κ2) is 7.18. The number of aryl methyl sites for hydroxylation is 1. The summed E-state index contributed by atoms with van der Waals surface area (Å²) in [6.07, 6.45) is -3.09. The normalized spacial score (nSPS) is 20.4. The van der Waals surface area contributed by atoms with Crippen LogP contribution in [0, 0.1) is 6.92 Å². The van der Waals surface area contributed by atoms with Gasteiger partial charge in [-0.15, -0.1) is 0 Å². The van der Waals surface area contributed by atoms with Crippen LogP contribution in [0.4, 0.5) is 13.2 Å². The average Bonchev–Trinajstić information content (AvgIpc) is 2.58. The molecule has 0 aliphatic carbocycles. The van der Waals surface area contributed by atoms with Gasteiger partial charge < -0.3 is 10.1 Å². The van der Waals surface area contributed by atoms with Crippen LogP contribution in [0.25, 0.3) is 0 Å². The van der Waals surface area contributed by atoms with E-state index in [9.17, 15) is 13.2 Å². The number of nitrogens with one attached hydrogen (secondary N) is 1. The molecule has 3 rings (SSSR count). The van der Waals surface area contributed by atoms with Crippen LogP contribution in [0.15, 0.2) is 42.5 Å². The van der Waals surface area contributed by atoms with Crippen molar-refractivity contribution in [3.63, 3.8) is 0 Å². The predicted molar refractivity (Wildman–Crippen MR) is 91.4 cm³/mol. The lowest BCUT2D eigenvalue weighted by Gasteiger charge is -2.33. The fourth-order valence-corrected chi connectivity index (χ4v) is 3.33. The quantitative estimate of drug-likeness (QED) is 0.841. The van der Waals surface area contributed by atoms with E-state index in [1.807, 2.05) is 14.0 Å². The second-order valence-electron chi connectivity index (χ2n) is 6.53. The molecule has 2 unspecified atom stereocenters. The van der Waals surface area contributed by atoms with E-state index in [-0.39, 0.29) is 12.2 Å². The Kier molecular flexibility index (Phi) is 5.16. The highest BCUT2D eigenvalue weighted by Gasteiger charge is 2.32. The van der Waals surface area contributed by atoms with Gasteiger partial charge >= 0.3 is 6.18 Å². The minimum absolute atomic E-state index is 0.0518. The maximum Gasteiger partial charge on any atom is 0.416 e. The molecule has 134 valence electrons. The lowest BCUT2D eigenvalue weighted by molar-refractivity contribution is -0.137. The Morgan fingerprint density at radius 1 is 1.12 bits per heavy atom. The molecule has 2 nitrogen and oxygen atoms in total. The van der Waals surface area contributed by atoms with Crippen molar-refractivity contribution in [1.29, 1.82) is 0 Å². The van der Waals surface area contributed by atoms with Crippen LogP contribution in [0.3, 0.4) is 0 Å². The third-order valence-corrected chi connectivity index (χ3v) is 4.65. The van der Waals surface area contributed by atoms with Crippen molar-refractivity contribution in [3.8, 4) is 0 Å². The van der Waals surface area contributed by atoms with Crippen LogP contribution in [-0.2, 0) is 17.3 Å². The van der Waals surface area contributed by atoms with E-state index < -0.39 is 11.7 Å². The largest absolute Gasteiger partial charge is 0.416 e. The van der Waals surface area contributed by atoms with Crippen LogP contribution in [0.1, 0.15) is 46.4 Å². The van der Waals surface area contributed by atoms with Crippen molar-refractivity contribution in [1.82, 2.24) is 5.32 Å². The van der Waals surface area contributed by atoms with Gasteiger partial charge in [0, 0.05) is 6.42 Å². The highest BCUT2D eigenvalue weighted by molar-refractivity contribution is 5.37. The number of alkyl halides is 3. The maximum absolute atomic E-state index is 12.8. The molecule has 1 aliphatic rings. The summed E-state index contributed by atoms with van der Waals surface area (Å²) >= 11 is 0. The second-order valence-corrected chi connectivity index (χ2v) is 6.53. The maximum atomic E-state index is 12.8. The SMILES string of the molecule is CNCCC1OC(c2ccc(C(F)(F)F)cc2)Cc2cc(C)ccc21. The number of halogens is 3. The van der Waals surface area contributed by atoms with Crippen LogP contribution >= 0.6 is 0 Å². The van der Waals surface area contributed by atoms with Gasteiger partial charge in [0.1, 0.15) is 0 Å². The van der Waals surface area contributed by atoms with E-state index in [4.69, 9.17) is 4.74 Å². The van der Waals surface area contributed by atoms with Gasteiger partial charge in [0.25, 0.3) is 0 Å². The van der Waals surface area contributed by atoms with Gasteiger partial charge in [-0.05, 0) is 55.8 Å². The first-order valence-electron chi connectivity index (χ1n) is 8.45. The third kappa shape index (κ3) is 4.05. The lowest BCUT2D eigenvalue weighted by atomic mass is 9.89. The summed E-state index contributed by atoms with van der Waals surface area (Å²) < 4.78 is 44.5. The van der Waals surface area contributed by atoms with Crippen LogP contribution in [0.5, 0.6) is 0 Å². The molecule has 1 heterocycles. The molecule has 0 fully saturated rings. The fraction of sp³-hybridized carbons (Fsp3) is 0.400. The Bertz CT molecular complexity index is 725. The highest BCUT2D eigenvalue weighted by Crippen LogP contribution is 2.40. The topological polar surface area (TPSA) is 21.3 Å². The zero-order chi connectivity index (χ0) is 18.0. The summed E-state index contributed by atoms with van der Waals surface area (Å²) in [5.41, 5.74) is 3.74. The molecule has 2 aromatic rings. The zero-order valence-corrected chi connectivity index (χ0v) is 14.4. The molecule has 0 radical (unpaired) electrons. The summed E-state index contributed by atoms with van der Waals surface area (Å²) in [5, 5.41) is 3.13. The van der Waals surface area contributed by atoms with Crippen molar-refractivity contribution in [2.24, 2.45) is 0 Å². The smallest absolute Gasteiger partial charge is 0.365 e. The number of hydrogen-bond acceptors (Lipinski definition) is 2. The van der Waals surface area contributed by atoms with Crippen molar-refractivity contribution < 1.29 is 17.9 Å². The van der Waals surface area contributed by atoms with E-state index in [0.717, 1.165) is 30.7 Å². The van der Waals surface area contributed by atoms with Crippen LogP contribution in [-0.4, -0.2) is 13.6 Å². The fourth-order valence-electron chi connectivity index (χ4n) is 3.33. The molecule has 25 heavy (non-hydrogen) atoms. The average molecular weight is 349 g/mol. The van der Waals surface area contributed by atoms with E-state index >= 15 is 0 Å². The predicted octanol–water partition coefficient (Wildman–Crippen LogP) is 4.98.